The van der Waals surface area contributed by atoms with Gasteiger partial charge in [-0.3, -0.25) is 19.7 Å². The Hall–Kier alpha value is -3.16. The van der Waals surface area contributed by atoms with Crippen LogP contribution in [0.2, 0.25) is 0 Å². The number of hydrogen-bond donors (Lipinski definition) is 1. The van der Waals surface area contributed by atoms with Crippen LogP contribution in [0.4, 0.5) is 5.69 Å². The van der Waals surface area contributed by atoms with E-state index in [4.69, 9.17) is 4.74 Å². The zero-order valence-electron chi connectivity index (χ0n) is 17.8. The third-order valence-electron chi connectivity index (χ3n) is 6.36. The number of phenols is 1. The average molecular weight is 426 g/mol. The van der Waals surface area contributed by atoms with Crippen LogP contribution in [0.15, 0.2) is 34.7 Å². The summed E-state index contributed by atoms with van der Waals surface area (Å²) in [5, 5.41) is 21.8. The first-order valence-corrected chi connectivity index (χ1v) is 10.7. The first kappa shape index (κ1) is 21.1. The maximum atomic E-state index is 13.2. The van der Waals surface area contributed by atoms with E-state index in [9.17, 15) is 24.8 Å². The highest BCUT2D eigenvalue weighted by atomic mass is 16.6. The molecule has 0 unspecified atom stereocenters. The smallest absolute Gasteiger partial charge is 0.314 e. The molecule has 0 amide bonds. The fraction of sp³-hybridized carbons (Fsp3) is 0.478. The molecule has 1 aliphatic heterocycles. The first-order chi connectivity index (χ1) is 14.9. The van der Waals surface area contributed by atoms with Crippen LogP contribution in [0, 0.1) is 10.1 Å². The van der Waals surface area contributed by atoms with Crippen molar-refractivity contribution in [3.05, 3.63) is 50.4 Å². The van der Waals surface area contributed by atoms with Gasteiger partial charge in [-0.25, -0.2) is 0 Å². The van der Waals surface area contributed by atoms with Crippen LogP contribution in [0.5, 0.6) is 11.5 Å². The molecule has 1 aromatic rings. The second-order valence-corrected chi connectivity index (χ2v) is 8.21. The van der Waals surface area contributed by atoms with Crippen molar-refractivity contribution in [1.29, 1.82) is 0 Å². The first-order valence-electron chi connectivity index (χ1n) is 10.7. The molecule has 8 heteroatoms. The van der Waals surface area contributed by atoms with E-state index >= 15 is 0 Å². The monoisotopic (exact) mass is 426 g/mol. The van der Waals surface area contributed by atoms with Gasteiger partial charge < -0.3 is 14.7 Å². The van der Waals surface area contributed by atoms with Gasteiger partial charge in [-0.2, -0.15) is 0 Å². The third-order valence-corrected chi connectivity index (χ3v) is 6.36. The van der Waals surface area contributed by atoms with Crippen LogP contribution in [0.3, 0.4) is 0 Å². The van der Waals surface area contributed by atoms with Gasteiger partial charge in [0, 0.05) is 53.9 Å². The summed E-state index contributed by atoms with van der Waals surface area (Å²) >= 11 is 0. The van der Waals surface area contributed by atoms with Gasteiger partial charge in [0.2, 0.25) is 5.75 Å². The minimum Gasteiger partial charge on any atom is -0.500 e. The van der Waals surface area contributed by atoms with Gasteiger partial charge in [0.1, 0.15) is 0 Å². The predicted octanol–water partition coefficient (Wildman–Crippen LogP) is 4.13. The summed E-state index contributed by atoms with van der Waals surface area (Å²) in [7, 11) is 1.32. The molecule has 0 spiro atoms. The summed E-state index contributed by atoms with van der Waals surface area (Å²) in [6.45, 7) is 2.79. The molecule has 31 heavy (non-hydrogen) atoms. The molecule has 8 nitrogen and oxygen atoms in total. The van der Waals surface area contributed by atoms with Crippen molar-refractivity contribution in [3.63, 3.8) is 0 Å². The minimum atomic E-state index is -0.677. The summed E-state index contributed by atoms with van der Waals surface area (Å²) in [6.07, 6.45) is 4.63. The molecule has 4 rings (SSSR count). The average Bonchev–Trinajstić information content (AvgIpc) is 2.75. The van der Waals surface area contributed by atoms with Gasteiger partial charge >= 0.3 is 5.69 Å². The number of allylic oxidation sites excluding steroid dienone is 4. The number of phenolic OH excluding ortho intramolecular Hbond substituents is 1. The van der Waals surface area contributed by atoms with Gasteiger partial charge in [-0.15, -0.1) is 0 Å². The SMILES string of the molecule is CCCN1C2=C(C(=O)CCC2)C(c2cc(OC)c(O)c([N+](=O)[O-])c2)C2=C1CCCC2=O. The molecule has 0 saturated carbocycles. The predicted molar refractivity (Wildman–Crippen MR) is 113 cm³/mol. The Kier molecular flexibility index (Phi) is 5.56. The largest absolute Gasteiger partial charge is 0.500 e. The van der Waals surface area contributed by atoms with E-state index in [-0.39, 0.29) is 17.3 Å². The molecule has 1 N–H and O–H groups in total. The van der Waals surface area contributed by atoms with Crippen molar-refractivity contribution in [2.24, 2.45) is 0 Å². The number of ether oxygens (including phenoxy) is 1. The normalized spacial score (nSPS) is 19.5. The fourth-order valence-corrected chi connectivity index (χ4v) is 5.12. The Bertz CT molecular complexity index is 995. The van der Waals surface area contributed by atoms with E-state index in [1.807, 2.05) is 0 Å². The number of hydrogen-bond acceptors (Lipinski definition) is 7. The van der Waals surface area contributed by atoms with E-state index < -0.39 is 22.3 Å². The zero-order valence-corrected chi connectivity index (χ0v) is 17.8. The van der Waals surface area contributed by atoms with Gasteiger partial charge in [0.15, 0.2) is 17.3 Å². The molecule has 0 atom stereocenters. The van der Waals surface area contributed by atoms with Crippen LogP contribution in [0.25, 0.3) is 0 Å². The fourth-order valence-electron chi connectivity index (χ4n) is 5.12. The topological polar surface area (TPSA) is 110 Å². The number of rotatable bonds is 5. The van der Waals surface area contributed by atoms with Crippen LogP contribution in [-0.4, -0.2) is 40.2 Å². The maximum Gasteiger partial charge on any atom is 0.314 e. The lowest BCUT2D eigenvalue weighted by molar-refractivity contribution is -0.386. The molecule has 1 heterocycles. The molecule has 0 saturated heterocycles. The molecule has 2 aliphatic carbocycles. The van der Waals surface area contributed by atoms with Crippen molar-refractivity contribution < 1.29 is 24.4 Å². The molecule has 0 radical (unpaired) electrons. The lowest BCUT2D eigenvalue weighted by atomic mass is 9.71. The van der Waals surface area contributed by atoms with Crippen molar-refractivity contribution in [1.82, 2.24) is 4.90 Å². The molecule has 164 valence electrons. The summed E-state index contributed by atoms with van der Waals surface area (Å²) in [5.41, 5.74) is 2.94. The number of nitro groups is 1. The van der Waals surface area contributed by atoms with Gasteiger partial charge in [-0.1, -0.05) is 6.92 Å². The number of carbonyl (C=O) groups is 2. The second kappa shape index (κ2) is 8.17. The summed E-state index contributed by atoms with van der Waals surface area (Å²) in [4.78, 5) is 39.4. The molecule has 0 bridgehead atoms. The number of carbonyl (C=O) groups excluding carboxylic acids is 2. The highest BCUT2D eigenvalue weighted by Crippen LogP contribution is 2.51. The van der Waals surface area contributed by atoms with Gasteiger partial charge in [-0.05, 0) is 43.7 Å². The lowest BCUT2D eigenvalue weighted by Crippen LogP contribution is -2.39. The number of methoxy groups -OCH3 is 1. The van der Waals surface area contributed by atoms with Crippen LogP contribution in [-0.2, 0) is 9.59 Å². The second-order valence-electron chi connectivity index (χ2n) is 8.21. The molecular formula is C23H26N2O6. The number of nitrogens with zero attached hydrogens (tertiary/aromatic N) is 2. The van der Waals surface area contributed by atoms with Crippen molar-refractivity contribution in [2.75, 3.05) is 13.7 Å². The Morgan fingerprint density at radius 3 is 2.16 bits per heavy atom. The summed E-state index contributed by atoms with van der Waals surface area (Å²) < 4.78 is 5.19. The van der Waals surface area contributed by atoms with E-state index in [1.165, 1.54) is 19.2 Å². The number of Topliss-reactive ketones (excluding diaryl/α,β-unsaturated/α-hetero) is 2. The standard InChI is InChI=1S/C23H26N2O6/c1-3-10-24-14-6-4-8-17(26)21(14)20(22-15(24)7-5-9-18(22)27)13-11-16(25(29)30)23(28)19(12-13)31-2/h11-12,20,28H,3-10H2,1-2H3. The highest BCUT2D eigenvalue weighted by molar-refractivity contribution is 6.06. The number of nitro benzene ring substituents is 1. The van der Waals surface area contributed by atoms with E-state index in [0.717, 1.165) is 50.0 Å². The number of ketones is 2. The molecule has 0 aromatic heterocycles. The van der Waals surface area contributed by atoms with Crippen LogP contribution in [0.1, 0.15) is 63.4 Å². The number of benzene rings is 1. The van der Waals surface area contributed by atoms with Crippen LogP contribution >= 0.6 is 0 Å². The Morgan fingerprint density at radius 1 is 1.10 bits per heavy atom. The quantitative estimate of drug-likeness (QED) is 0.557. The van der Waals surface area contributed by atoms with Crippen molar-refractivity contribution >= 4 is 17.3 Å². The molecule has 3 aliphatic rings. The minimum absolute atomic E-state index is 0.0213. The van der Waals surface area contributed by atoms with Gasteiger partial charge in [0.05, 0.1) is 12.0 Å². The highest BCUT2D eigenvalue weighted by Gasteiger charge is 2.43. The molecule has 1 aromatic carbocycles. The van der Waals surface area contributed by atoms with Crippen molar-refractivity contribution in [3.8, 4) is 11.5 Å². The van der Waals surface area contributed by atoms with E-state index in [2.05, 4.69) is 11.8 Å². The summed E-state index contributed by atoms with van der Waals surface area (Å²) in [6, 6.07) is 2.79. The number of aromatic hydroxyl groups is 1. The van der Waals surface area contributed by atoms with Crippen LogP contribution < -0.4 is 4.74 Å². The van der Waals surface area contributed by atoms with E-state index in [0.29, 0.717) is 29.6 Å². The maximum absolute atomic E-state index is 13.2. The van der Waals surface area contributed by atoms with E-state index in [1.54, 1.807) is 0 Å². The Labute approximate surface area is 180 Å². The zero-order chi connectivity index (χ0) is 22.3. The molecular weight excluding hydrogens is 400 g/mol. The third kappa shape index (κ3) is 3.40. The van der Waals surface area contributed by atoms with Gasteiger partial charge in [0.25, 0.3) is 0 Å². The summed E-state index contributed by atoms with van der Waals surface area (Å²) in [5.74, 6) is -1.32. The van der Waals surface area contributed by atoms with Crippen molar-refractivity contribution in [2.45, 2.75) is 57.8 Å². The lowest BCUT2D eigenvalue weighted by Gasteiger charge is -2.44. The Balaban J connectivity index is 2.01. The molecule has 0 fully saturated rings. The Morgan fingerprint density at radius 2 is 1.68 bits per heavy atom.